The standard InChI is InChI=1S/C13H14Cl2N4O2S/c1-7(21-10-4-3-8(14)5-9(10)15)12-17-18-13(19(12)2)22-6-11(16)20/h3-5,7H,6H2,1-2H3,(H2,16,20). The second-order valence-electron chi connectivity index (χ2n) is 4.49. The summed E-state index contributed by atoms with van der Waals surface area (Å²) in [5.41, 5.74) is 5.12. The van der Waals surface area contributed by atoms with Gasteiger partial charge in [0.15, 0.2) is 17.1 Å². The van der Waals surface area contributed by atoms with Crippen molar-refractivity contribution in [2.24, 2.45) is 12.8 Å². The maximum absolute atomic E-state index is 10.8. The minimum atomic E-state index is -0.410. The summed E-state index contributed by atoms with van der Waals surface area (Å²) in [4.78, 5) is 10.8. The van der Waals surface area contributed by atoms with E-state index in [-0.39, 0.29) is 11.9 Å². The first-order chi connectivity index (χ1) is 10.4. The highest BCUT2D eigenvalue weighted by molar-refractivity contribution is 7.99. The van der Waals surface area contributed by atoms with Crippen molar-refractivity contribution in [2.45, 2.75) is 18.2 Å². The van der Waals surface area contributed by atoms with Crippen molar-refractivity contribution in [2.75, 3.05) is 5.75 Å². The van der Waals surface area contributed by atoms with E-state index >= 15 is 0 Å². The molecule has 1 atom stereocenters. The highest BCUT2D eigenvalue weighted by atomic mass is 35.5. The fraction of sp³-hybridized carbons (Fsp3) is 0.308. The van der Waals surface area contributed by atoms with Crippen LogP contribution in [0.15, 0.2) is 23.4 Å². The third-order valence-corrected chi connectivity index (χ3v) is 4.35. The van der Waals surface area contributed by atoms with Gasteiger partial charge in [-0.15, -0.1) is 10.2 Å². The molecule has 1 aromatic carbocycles. The van der Waals surface area contributed by atoms with Crippen LogP contribution in [-0.2, 0) is 11.8 Å². The van der Waals surface area contributed by atoms with E-state index in [0.29, 0.717) is 26.8 Å². The van der Waals surface area contributed by atoms with Gasteiger partial charge >= 0.3 is 0 Å². The summed E-state index contributed by atoms with van der Waals surface area (Å²) in [6.45, 7) is 1.83. The summed E-state index contributed by atoms with van der Waals surface area (Å²) < 4.78 is 7.54. The van der Waals surface area contributed by atoms with E-state index in [9.17, 15) is 4.79 Å². The Morgan fingerprint density at radius 2 is 2.18 bits per heavy atom. The Morgan fingerprint density at radius 1 is 1.45 bits per heavy atom. The number of carbonyl (C=O) groups excluding carboxylic acids is 1. The van der Waals surface area contributed by atoms with E-state index < -0.39 is 5.91 Å². The van der Waals surface area contributed by atoms with Crippen LogP contribution in [0.2, 0.25) is 10.0 Å². The van der Waals surface area contributed by atoms with Crippen molar-refractivity contribution in [1.82, 2.24) is 14.8 Å². The molecule has 0 saturated heterocycles. The van der Waals surface area contributed by atoms with Crippen molar-refractivity contribution >= 4 is 40.9 Å². The van der Waals surface area contributed by atoms with E-state index in [4.69, 9.17) is 33.7 Å². The van der Waals surface area contributed by atoms with Crippen LogP contribution in [0.3, 0.4) is 0 Å². The number of benzene rings is 1. The van der Waals surface area contributed by atoms with Crippen LogP contribution in [0.1, 0.15) is 18.9 Å². The zero-order valence-electron chi connectivity index (χ0n) is 11.9. The molecule has 22 heavy (non-hydrogen) atoms. The summed E-state index contributed by atoms with van der Waals surface area (Å²) >= 11 is 13.2. The first kappa shape index (κ1) is 16.9. The average molecular weight is 361 g/mol. The zero-order valence-corrected chi connectivity index (χ0v) is 14.2. The Hall–Kier alpha value is -1.44. The van der Waals surface area contributed by atoms with Gasteiger partial charge in [0, 0.05) is 12.1 Å². The van der Waals surface area contributed by atoms with Crippen molar-refractivity contribution in [3.63, 3.8) is 0 Å². The van der Waals surface area contributed by atoms with Crippen molar-refractivity contribution in [3.8, 4) is 5.75 Å². The lowest BCUT2D eigenvalue weighted by Gasteiger charge is -2.15. The highest BCUT2D eigenvalue weighted by Gasteiger charge is 2.18. The summed E-state index contributed by atoms with van der Waals surface area (Å²) in [7, 11) is 1.79. The maximum atomic E-state index is 10.8. The zero-order chi connectivity index (χ0) is 16.3. The van der Waals surface area contributed by atoms with E-state index in [1.165, 1.54) is 11.8 Å². The molecule has 0 spiro atoms. The molecular weight excluding hydrogens is 347 g/mol. The van der Waals surface area contributed by atoms with Crippen molar-refractivity contribution in [3.05, 3.63) is 34.1 Å². The number of carbonyl (C=O) groups is 1. The predicted octanol–water partition coefficient (Wildman–Crippen LogP) is 2.84. The molecule has 0 aliphatic rings. The van der Waals surface area contributed by atoms with Crippen LogP contribution in [0.4, 0.5) is 0 Å². The topological polar surface area (TPSA) is 83.0 Å². The van der Waals surface area contributed by atoms with Gasteiger partial charge in [-0.1, -0.05) is 35.0 Å². The molecule has 0 bridgehead atoms. The molecule has 1 unspecified atom stereocenters. The average Bonchev–Trinajstić information content (AvgIpc) is 2.81. The molecule has 0 aliphatic carbocycles. The number of hydrogen-bond acceptors (Lipinski definition) is 5. The van der Waals surface area contributed by atoms with Crippen LogP contribution in [0.5, 0.6) is 5.75 Å². The van der Waals surface area contributed by atoms with Gasteiger partial charge in [0.2, 0.25) is 5.91 Å². The van der Waals surface area contributed by atoms with Gasteiger partial charge in [0.05, 0.1) is 10.8 Å². The molecule has 2 aromatic rings. The molecule has 1 aromatic heterocycles. The van der Waals surface area contributed by atoms with E-state index in [2.05, 4.69) is 10.2 Å². The molecule has 0 fully saturated rings. The molecule has 2 rings (SSSR count). The Bertz CT molecular complexity index is 693. The molecule has 0 aliphatic heterocycles. The van der Waals surface area contributed by atoms with Crippen molar-refractivity contribution < 1.29 is 9.53 Å². The smallest absolute Gasteiger partial charge is 0.227 e. The first-order valence-electron chi connectivity index (χ1n) is 6.30. The number of hydrogen-bond donors (Lipinski definition) is 1. The number of nitrogens with zero attached hydrogens (tertiary/aromatic N) is 3. The van der Waals surface area contributed by atoms with Gasteiger partial charge < -0.3 is 15.0 Å². The van der Waals surface area contributed by atoms with Gasteiger partial charge in [-0.05, 0) is 25.1 Å². The molecule has 0 radical (unpaired) electrons. The molecule has 9 heteroatoms. The number of thioether (sulfide) groups is 1. The van der Waals surface area contributed by atoms with Crippen LogP contribution in [0.25, 0.3) is 0 Å². The maximum Gasteiger partial charge on any atom is 0.227 e. The Kier molecular flexibility index (Phi) is 5.55. The lowest BCUT2D eigenvalue weighted by atomic mass is 10.3. The van der Waals surface area contributed by atoms with Gasteiger partial charge in [0.1, 0.15) is 5.75 Å². The van der Waals surface area contributed by atoms with E-state index in [1.54, 1.807) is 29.8 Å². The highest BCUT2D eigenvalue weighted by Crippen LogP contribution is 2.31. The Morgan fingerprint density at radius 3 is 2.82 bits per heavy atom. The van der Waals surface area contributed by atoms with Gasteiger partial charge in [-0.3, -0.25) is 4.79 Å². The Labute approximate surface area is 141 Å². The fourth-order valence-electron chi connectivity index (χ4n) is 1.76. The third kappa shape index (κ3) is 4.06. The van der Waals surface area contributed by atoms with Gasteiger partial charge in [0.25, 0.3) is 0 Å². The normalized spacial score (nSPS) is 12.2. The number of halogens is 2. The quantitative estimate of drug-likeness (QED) is 0.800. The number of ether oxygens (including phenoxy) is 1. The van der Waals surface area contributed by atoms with Crippen LogP contribution >= 0.6 is 35.0 Å². The number of amides is 1. The summed E-state index contributed by atoms with van der Waals surface area (Å²) in [5.74, 6) is 0.849. The SMILES string of the molecule is CC(Oc1ccc(Cl)cc1Cl)c1nnc(SCC(N)=O)n1C. The third-order valence-electron chi connectivity index (χ3n) is 2.77. The fourth-order valence-corrected chi connectivity index (χ4v) is 2.87. The second-order valence-corrected chi connectivity index (χ2v) is 6.28. The molecule has 6 nitrogen and oxygen atoms in total. The molecule has 118 valence electrons. The molecular formula is C13H14Cl2N4O2S. The van der Waals surface area contributed by atoms with E-state index in [0.717, 1.165) is 0 Å². The number of aromatic nitrogens is 3. The van der Waals surface area contributed by atoms with Gasteiger partial charge in [-0.2, -0.15) is 0 Å². The minimum absolute atomic E-state index is 0.143. The van der Waals surface area contributed by atoms with E-state index in [1.807, 2.05) is 6.92 Å². The van der Waals surface area contributed by atoms with Gasteiger partial charge in [-0.25, -0.2) is 0 Å². The molecule has 2 N–H and O–H groups in total. The lowest BCUT2D eigenvalue weighted by Crippen LogP contribution is -2.14. The first-order valence-corrected chi connectivity index (χ1v) is 8.04. The summed E-state index contributed by atoms with van der Waals surface area (Å²) in [6, 6.07) is 5.00. The predicted molar refractivity (Wildman–Crippen MR) is 86.4 cm³/mol. The second kappa shape index (κ2) is 7.21. The summed E-state index contributed by atoms with van der Waals surface area (Å²) in [6.07, 6.45) is -0.376. The molecule has 1 amide bonds. The van der Waals surface area contributed by atoms with Crippen LogP contribution < -0.4 is 10.5 Å². The molecule has 1 heterocycles. The summed E-state index contributed by atoms with van der Waals surface area (Å²) in [5, 5.41) is 9.65. The number of nitrogens with two attached hydrogens (primary N) is 1. The number of rotatable bonds is 6. The minimum Gasteiger partial charge on any atom is -0.481 e. The lowest BCUT2D eigenvalue weighted by molar-refractivity contribution is -0.115. The van der Waals surface area contributed by atoms with Crippen LogP contribution in [0, 0.1) is 0 Å². The Balaban J connectivity index is 2.12. The monoisotopic (exact) mass is 360 g/mol. The number of primary amides is 1. The largest absolute Gasteiger partial charge is 0.481 e. The van der Waals surface area contributed by atoms with Crippen LogP contribution in [-0.4, -0.2) is 26.4 Å². The molecule has 0 saturated carbocycles. The van der Waals surface area contributed by atoms with Crippen molar-refractivity contribution in [1.29, 1.82) is 0 Å².